The zero-order valence-electron chi connectivity index (χ0n) is 47.7. The number of esters is 2. The molecule has 0 saturated carbocycles. The molecule has 4 N–H and O–H groups in total. The van der Waals surface area contributed by atoms with Gasteiger partial charge in [0.25, 0.3) is 27.2 Å². The van der Waals surface area contributed by atoms with Crippen LogP contribution in [-0.2, 0) is 41.6 Å². The molecular weight excluding hydrogens is 1090 g/mol. The third kappa shape index (κ3) is 15.9. The number of hydrogen-bond donors (Lipinski definition) is 4. The highest BCUT2D eigenvalue weighted by molar-refractivity contribution is 7.92. The number of aryl methyl sites for hydroxylation is 4. The van der Waals surface area contributed by atoms with Gasteiger partial charge in [-0.15, -0.1) is 0 Å². The number of carbonyl (C=O) groups is 5. The van der Waals surface area contributed by atoms with E-state index in [4.69, 9.17) is 20.8 Å². The van der Waals surface area contributed by atoms with E-state index < -0.39 is 38.7 Å². The minimum absolute atomic E-state index is 0.0600. The van der Waals surface area contributed by atoms with Crippen molar-refractivity contribution >= 4 is 50.1 Å². The van der Waals surface area contributed by atoms with Crippen LogP contribution in [0.2, 0.25) is 0 Å². The second kappa shape index (κ2) is 28.9. The molecule has 0 spiro atoms. The summed E-state index contributed by atoms with van der Waals surface area (Å²) < 4.78 is 72.0. The van der Waals surface area contributed by atoms with E-state index >= 15 is 0 Å². The lowest BCUT2D eigenvalue weighted by molar-refractivity contribution is 0.0342. The quantitative estimate of drug-likeness (QED) is 0.0479. The van der Waals surface area contributed by atoms with E-state index in [2.05, 4.69) is 34.7 Å². The molecule has 0 radical (unpaired) electrons. The van der Waals surface area contributed by atoms with Gasteiger partial charge in [-0.25, -0.2) is 38.5 Å². The van der Waals surface area contributed by atoms with Crippen molar-refractivity contribution in [3.8, 4) is 0 Å². The number of piperidine rings is 2. The molecule has 9 rings (SSSR count). The summed E-state index contributed by atoms with van der Waals surface area (Å²) in [4.78, 5) is 88.5. The fourth-order valence-corrected chi connectivity index (χ4v) is 10.5. The SMILES string of the molecule is COC(=O)c1c[nH]c(C)c1.COC(=O)c1c[nH]c(C)c1C(=O)Cc1ccc(F)c(C(=O)N2CCC(OC)CC2)c1.COC1CCN(C(=O)c2cc(Cc3n[nH]c(=O)c4c[nH]c(C)c34)ccc2F)CC1.[C-]#[N+]C(C)S(=O)(=O)c1ccc(C)cc1. The largest absolute Gasteiger partial charge is 0.465 e. The molecule has 7 aromatic rings. The van der Waals surface area contributed by atoms with Gasteiger partial charge in [-0.2, -0.15) is 5.10 Å². The molecule has 2 amide bonds. The lowest BCUT2D eigenvalue weighted by Crippen LogP contribution is -2.41. The number of ether oxygens (including phenoxy) is 4. The third-order valence-corrected chi connectivity index (χ3v) is 16.2. The molecule has 2 fully saturated rings. The Hall–Kier alpha value is -8.59. The van der Waals surface area contributed by atoms with Crippen LogP contribution < -0.4 is 5.56 Å². The minimum atomic E-state index is -3.46. The van der Waals surface area contributed by atoms with Gasteiger partial charge in [-0.3, -0.25) is 24.0 Å². The Kier molecular flexibility index (Phi) is 22.1. The maximum atomic E-state index is 14.4. The number of likely N-dealkylation sites (tertiary alicyclic amines) is 2. The van der Waals surface area contributed by atoms with Crippen LogP contribution in [0.1, 0.15) is 124 Å². The van der Waals surface area contributed by atoms with Crippen molar-refractivity contribution in [2.24, 2.45) is 0 Å². The molecule has 1 atom stereocenters. The van der Waals surface area contributed by atoms with E-state index in [0.29, 0.717) is 73.3 Å². The normalized spacial score (nSPS) is 14.0. The number of fused-ring (bicyclic) bond motifs is 1. The zero-order chi connectivity index (χ0) is 60.7. The first kappa shape index (κ1) is 63.6. The Balaban J connectivity index is 0.000000193. The standard InChI is InChI=1S/C22H25FN2O5.C21H23FN4O3.C10H11NO2S.C7H9NO2/c1-13-20(17(12-24-13)22(28)30-3)19(26)11-14-4-5-18(23)16(10-14)21(27)25-8-6-15(29-2)7-9-25;1-12-19-16(11-23-12)20(27)25-24-18(19)10-13-3-4-17(22)15(9-13)21(28)26-7-5-14(29-2)6-8-26;1-8-4-6-10(7-5-8)14(12,13)9(2)11-3;1-5-3-6(4-8-5)7(9)10-2/h4-5,10,12,15,24H,6-9,11H2,1-3H3;3-4,9,11,14,23H,5-8,10H2,1-2H3,(H,25,27);4-7,9H,1-2H3;3-4,8H,1-2H3. The van der Waals surface area contributed by atoms with Crippen LogP contribution in [0.15, 0.2) is 95.0 Å². The molecule has 6 heterocycles. The van der Waals surface area contributed by atoms with E-state index in [1.165, 1.54) is 63.7 Å². The molecule has 440 valence electrons. The summed E-state index contributed by atoms with van der Waals surface area (Å²) >= 11 is 0. The van der Waals surface area contributed by atoms with Gasteiger partial charge in [0, 0.05) is 101 Å². The molecule has 20 nitrogen and oxygen atoms in total. The predicted molar refractivity (Wildman–Crippen MR) is 305 cm³/mol. The lowest BCUT2D eigenvalue weighted by atomic mass is 9.98. The molecule has 0 aliphatic carbocycles. The highest BCUT2D eigenvalue weighted by atomic mass is 32.2. The van der Waals surface area contributed by atoms with E-state index in [1.54, 1.807) is 73.7 Å². The Labute approximate surface area is 479 Å². The van der Waals surface area contributed by atoms with Gasteiger partial charge in [0.2, 0.25) is 0 Å². The van der Waals surface area contributed by atoms with E-state index in [0.717, 1.165) is 40.7 Å². The summed E-state index contributed by atoms with van der Waals surface area (Å²) in [6.45, 7) is 17.5. The first-order valence-electron chi connectivity index (χ1n) is 26.5. The van der Waals surface area contributed by atoms with Crippen LogP contribution in [0.4, 0.5) is 8.78 Å². The van der Waals surface area contributed by atoms with Crippen molar-refractivity contribution in [1.29, 1.82) is 0 Å². The minimum Gasteiger partial charge on any atom is -0.465 e. The number of amides is 2. The number of Topliss-reactive ketones (excluding diaryl/α,β-unsaturated/α-hetero) is 1. The Morgan fingerprint density at radius 2 is 1.23 bits per heavy atom. The van der Waals surface area contributed by atoms with Crippen LogP contribution in [0.25, 0.3) is 15.6 Å². The first-order chi connectivity index (χ1) is 39.5. The Morgan fingerprint density at radius 3 is 1.73 bits per heavy atom. The monoisotopic (exact) mass is 1160 g/mol. The number of ketones is 1. The number of aromatic amines is 4. The van der Waals surface area contributed by atoms with Crippen molar-refractivity contribution in [2.45, 2.75) is 95.6 Å². The predicted octanol–water partition coefficient (Wildman–Crippen LogP) is 8.61. The molecule has 0 bridgehead atoms. The van der Waals surface area contributed by atoms with Crippen molar-refractivity contribution in [3.05, 3.63) is 186 Å². The van der Waals surface area contributed by atoms with Gasteiger partial charge in [0.05, 0.1) is 70.2 Å². The molecule has 3 aromatic carbocycles. The number of rotatable bonds is 13. The second-order valence-electron chi connectivity index (χ2n) is 19.9. The molecule has 23 heteroatoms. The van der Waals surface area contributed by atoms with Gasteiger partial charge >= 0.3 is 17.3 Å². The Bertz CT molecular complexity index is 3660. The number of sulfone groups is 1. The summed E-state index contributed by atoms with van der Waals surface area (Å²) in [5.74, 6) is -3.11. The highest BCUT2D eigenvalue weighted by Crippen LogP contribution is 2.25. The molecular formula is C60H68F2N8O12S. The van der Waals surface area contributed by atoms with Gasteiger partial charge < -0.3 is 43.7 Å². The summed E-state index contributed by atoms with van der Waals surface area (Å²) in [6.07, 6.45) is 8.15. The number of H-pyrrole nitrogens is 4. The summed E-state index contributed by atoms with van der Waals surface area (Å²) in [5.41, 5.74) is 5.95. The zero-order valence-corrected chi connectivity index (χ0v) is 48.6. The third-order valence-electron chi connectivity index (χ3n) is 14.3. The maximum Gasteiger partial charge on any atom is 0.340 e. The lowest BCUT2D eigenvalue weighted by Gasteiger charge is -2.31. The van der Waals surface area contributed by atoms with Crippen LogP contribution in [0, 0.1) is 45.9 Å². The summed E-state index contributed by atoms with van der Waals surface area (Å²) in [5, 5.41) is 6.96. The fraction of sp³-hybridized carbons (Fsp3) is 0.367. The van der Waals surface area contributed by atoms with Crippen LogP contribution >= 0.6 is 0 Å². The Morgan fingerprint density at radius 1 is 0.699 bits per heavy atom. The number of nitrogens with zero attached hydrogens (tertiary/aromatic N) is 4. The summed E-state index contributed by atoms with van der Waals surface area (Å²) in [6, 6.07) is 16.9. The van der Waals surface area contributed by atoms with Crippen LogP contribution in [0.3, 0.4) is 0 Å². The molecule has 2 aliphatic rings. The average molecular weight is 1160 g/mol. The fourth-order valence-electron chi connectivity index (χ4n) is 9.42. The number of nitrogens with one attached hydrogen (secondary N) is 4. The van der Waals surface area contributed by atoms with Gasteiger partial charge in [0.15, 0.2) is 5.78 Å². The van der Waals surface area contributed by atoms with Gasteiger partial charge in [-0.1, -0.05) is 29.8 Å². The van der Waals surface area contributed by atoms with Crippen molar-refractivity contribution < 1.29 is 60.1 Å². The summed E-state index contributed by atoms with van der Waals surface area (Å²) in [7, 11) is 2.45. The molecule has 2 aliphatic heterocycles. The van der Waals surface area contributed by atoms with Crippen molar-refractivity contribution in [3.63, 3.8) is 0 Å². The van der Waals surface area contributed by atoms with Crippen molar-refractivity contribution in [1.82, 2.24) is 34.9 Å². The molecule has 83 heavy (non-hydrogen) atoms. The van der Waals surface area contributed by atoms with Crippen LogP contribution in [-0.4, -0.2) is 145 Å². The van der Waals surface area contributed by atoms with Crippen molar-refractivity contribution in [2.75, 3.05) is 54.6 Å². The van der Waals surface area contributed by atoms with E-state index in [9.17, 15) is 46.0 Å². The number of aromatic nitrogens is 5. The van der Waals surface area contributed by atoms with E-state index in [-0.39, 0.29) is 69.0 Å². The van der Waals surface area contributed by atoms with Crippen LogP contribution in [0.5, 0.6) is 0 Å². The number of hydrogen-bond acceptors (Lipinski definition) is 13. The molecule has 4 aromatic heterocycles. The number of carbonyl (C=O) groups excluding carboxylic acids is 5. The molecule has 1 unspecified atom stereocenters. The second-order valence-corrected chi connectivity index (χ2v) is 22.1. The number of benzene rings is 3. The molecule has 2 saturated heterocycles. The highest BCUT2D eigenvalue weighted by Gasteiger charge is 2.30. The number of methoxy groups -OCH3 is 4. The topological polar surface area (TPSA) is 260 Å². The smallest absolute Gasteiger partial charge is 0.340 e. The average Bonchev–Trinajstić information content (AvgIpc) is 4.32. The van der Waals surface area contributed by atoms with Gasteiger partial charge in [0.1, 0.15) is 11.6 Å². The number of halogens is 2. The van der Waals surface area contributed by atoms with E-state index in [1.807, 2.05) is 20.8 Å². The maximum absolute atomic E-state index is 14.4. The van der Waals surface area contributed by atoms with Gasteiger partial charge in [-0.05, 0) is 107 Å². The first-order valence-corrected chi connectivity index (χ1v) is 28.1.